The maximum atomic E-state index is 12.5. The first kappa shape index (κ1) is 16.8. The number of hydrogen-bond donors (Lipinski definition) is 0. The van der Waals surface area contributed by atoms with Crippen LogP contribution in [0.4, 0.5) is 5.69 Å². The number of ether oxygens (including phenoxy) is 1. The van der Waals surface area contributed by atoms with Gasteiger partial charge in [0, 0.05) is 17.2 Å². The third-order valence-electron chi connectivity index (χ3n) is 3.04. The monoisotopic (exact) mass is 377 g/mol. The van der Waals surface area contributed by atoms with Crippen LogP contribution >= 0.6 is 15.9 Å². The van der Waals surface area contributed by atoms with Gasteiger partial charge in [-0.15, -0.1) is 0 Å². The molecule has 6 nitrogen and oxygen atoms in total. The zero-order valence-corrected chi connectivity index (χ0v) is 13.7. The van der Waals surface area contributed by atoms with Crippen LogP contribution in [0.3, 0.4) is 0 Å². The van der Waals surface area contributed by atoms with Crippen molar-refractivity contribution in [2.75, 3.05) is 6.61 Å². The van der Waals surface area contributed by atoms with E-state index in [0.717, 1.165) is 6.07 Å². The smallest absolute Gasteiger partial charge is 0.339 e. The van der Waals surface area contributed by atoms with Gasteiger partial charge in [0.15, 0.2) is 5.78 Å². The van der Waals surface area contributed by atoms with Gasteiger partial charge in [-0.1, -0.05) is 30.3 Å². The van der Waals surface area contributed by atoms with Crippen molar-refractivity contribution < 1.29 is 19.2 Å². The summed E-state index contributed by atoms with van der Waals surface area (Å²) in [5.74, 6) is -1.14. The lowest BCUT2D eigenvalue weighted by atomic mass is 10.0. The van der Waals surface area contributed by atoms with Crippen molar-refractivity contribution in [2.45, 2.75) is 6.92 Å². The Morgan fingerprint density at radius 2 is 1.83 bits per heavy atom. The van der Waals surface area contributed by atoms with Crippen molar-refractivity contribution in [3.8, 4) is 0 Å². The highest BCUT2D eigenvalue weighted by molar-refractivity contribution is 9.10. The Bertz CT molecular complexity index is 774. The molecule has 0 aliphatic rings. The lowest BCUT2D eigenvalue weighted by Gasteiger charge is -2.08. The summed E-state index contributed by atoms with van der Waals surface area (Å²) in [5.41, 5.74) is 0.00301. The number of benzene rings is 2. The molecule has 2 aromatic rings. The Morgan fingerprint density at radius 3 is 2.39 bits per heavy atom. The molecule has 0 bridgehead atoms. The third kappa shape index (κ3) is 3.62. The molecule has 0 unspecified atom stereocenters. The highest BCUT2D eigenvalue weighted by Gasteiger charge is 2.25. The van der Waals surface area contributed by atoms with Gasteiger partial charge < -0.3 is 4.74 Å². The van der Waals surface area contributed by atoms with Crippen molar-refractivity contribution in [3.63, 3.8) is 0 Å². The van der Waals surface area contributed by atoms with Crippen LogP contribution in [0.1, 0.15) is 33.2 Å². The van der Waals surface area contributed by atoms with E-state index in [1.165, 1.54) is 6.07 Å². The van der Waals surface area contributed by atoms with Gasteiger partial charge in [-0.2, -0.15) is 0 Å². The van der Waals surface area contributed by atoms with E-state index in [1.54, 1.807) is 37.3 Å². The third-order valence-corrected chi connectivity index (χ3v) is 3.88. The molecule has 0 fully saturated rings. The van der Waals surface area contributed by atoms with E-state index in [4.69, 9.17) is 4.74 Å². The van der Waals surface area contributed by atoms with Crippen LogP contribution in [0.5, 0.6) is 0 Å². The van der Waals surface area contributed by atoms with Crippen LogP contribution in [-0.4, -0.2) is 23.3 Å². The number of ketones is 1. The van der Waals surface area contributed by atoms with E-state index in [1.807, 2.05) is 0 Å². The number of esters is 1. The standard InChI is InChI=1S/C16H12BrNO5/c1-2-23-16(20)12-8-11(9-13(14(12)17)18(21)22)15(19)10-6-4-3-5-7-10/h3-9H,2H2,1H3. The molecule has 0 saturated carbocycles. The molecule has 23 heavy (non-hydrogen) atoms. The minimum Gasteiger partial charge on any atom is -0.462 e. The summed E-state index contributed by atoms with van der Waals surface area (Å²) in [6.45, 7) is 1.75. The molecule has 0 saturated heterocycles. The van der Waals surface area contributed by atoms with Gasteiger partial charge in [0.2, 0.25) is 0 Å². The summed E-state index contributed by atoms with van der Waals surface area (Å²) in [6, 6.07) is 10.8. The fraction of sp³-hybridized carbons (Fsp3) is 0.125. The first-order valence-electron chi connectivity index (χ1n) is 6.70. The van der Waals surface area contributed by atoms with Crippen LogP contribution in [0.25, 0.3) is 0 Å². The summed E-state index contributed by atoms with van der Waals surface area (Å²) in [5, 5.41) is 11.2. The lowest BCUT2D eigenvalue weighted by molar-refractivity contribution is -0.385. The topological polar surface area (TPSA) is 86.5 Å². The van der Waals surface area contributed by atoms with E-state index in [9.17, 15) is 19.7 Å². The van der Waals surface area contributed by atoms with Crippen molar-refractivity contribution in [2.24, 2.45) is 0 Å². The first-order valence-corrected chi connectivity index (χ1v) is 7.49. The summed E-state index contributed by atoms with van der Waals surface area (Å²) in [6.07, 6.45) is 0. The van der Waals surface area contributed by atoms with Crippen molar-refractivity contribution >= 4 is 33.4 Å². The molecule has 0 radical (unpaired) electrons. The summed E-state index contributed by atoms with van der Waals surface area (Å²) in [4.78, 5) is 35.0. The Hall–Kier alpha value is -2.54. The fourth-order valence-corrected chi connectivity index (χ4v) is 2.52. The Kier molecular flexibility index (Phi) is 5.23. The summed E-state index contributed by atoms with van der Waals surface area (Å²) < 4.78 is 4.87. The molecule has 0 amide bonds. The average Bonchev–Trinajstić information content (AvgIpc) is 2.55. The maximum Gasteiger partial charge on any atom is 0.339 e. The van der Waals surface area contributed by atoms with E-state index in [-0.39, 0.29) is 27.9 Å². The van der Waals surface area contributed by atoms with E-state index < -0.39 is 16.7 Å². The molecule has 0 heterocycles. The van der Waals surface area contributed by atoms with Gasteiger partial charge in [0.25, 0.3) is 5.69 Å². The summed E-state index contributed by atoms with van der Waals surface area (Å²) in [7, 11) is 0. The van der Waals surface area contributed by atoms with E-state index in [0.29, 0.717) is 5.56 Å². The quantitative estimate of drug-likeness (QED) is 0.342. The molecule has 2 rings (SSSR count). The SMILES string of the molecule is CCOC(=O)c1cc(C(=O)c2ccccc2)cc([N+](=O)[O-])c1Br. The van der Waals surface area contributed by atoms with Gasteiger partial charge in [-0.25, -0.2) is 4.79 Å². The van der Waals surface area contributed by atoms with Crippen LogP contribution in [0, 0.1) is 10.1 Å². The van der Waals surface area contributed by atoms with E-state index >= 15 is 0 Å². The van der Waals surface area contributed by atoms with Crippen LogP contribution < -0.4 is 0 Å². The molecular weight excluding hydrogens is 366 g/mol. The Labute approximate surface area is 140 Å². The average molecular weight is 378 g/mol. The number of halogens is 1. The lowest BCUT2D eigenvalue weighted by Crippen LogP contribution is -2.10. The van der Waals surface area contributed by atoms with Crippen molar-refractivity contribution in [3.05, 3.63) is 73.7 Å². The number of carbonyl (C=O) groups excluding carboxylic acids is 2. The highest BCUT2D eigenvalue weighted by Crippen LogP contribution is 2.31. The Balaban J connectivity index is 2.58. The molecular formula is C16H12BrNO5. The van der Waals surface area contributed by atoms with Crippen molar-refractivity contribution in [1.29, 1.82) is 0 Å². The number of nitrogens with zero attached hydrogens (tertiary/aromatic N) is 1. The van der Waals surface area contributed by atoms with Gasteiger partial charge in [-0.05, 0) is 28.9 Å². The molecule has 0 aliphatic carbocycles. The van der Waals surface area contributed by atoms with Crippen LogP contribution in [0.2, 0.25) is 0 Å². The fourth-order valence-electron chi connectivity index (χ4n) is 1.99. The molecule has 0 spiro atoms. The second-order valence-corrected chi connectivity index (χ2v) is 5.32. The number of nitro groups is 1. The number of nitro benzene ring substituents is 1. The molecule has 7 heteroatoms. The summed E-state index contributed by atoms with van der Waals surface area (Å²) >= 11 is 3.04. The van der Waals surface area contributed by atoms with Crippen LogP contribution in [0.15, 0.2) is 46.9 Å². The van der Waals surface area contributed by atoms with Gasteiger partial charge in [-0.3, -0.25) is 14.9 Å². The minimum absolute atomic E-state index is 0.00874. The largest absolute Gasteiger partial charge is 0.462 e. The predicted molar refractivity (Wildman–Crippen MR) is 86.6 cm³/mol. The zero-order chi connectivity index (χ0) is 17.0. The minimum atomic E-state index is -0.731. The number of hydrogen-bond acceptors (Lipinski definition) is 5. The predicted octanol–water partition coefficient (Wildman–Crippen LogP) is 3.77. The van der Waals surface area contributed by atoms with Gasteiger partial charge in [0.05, 0.1) is 17.1 Å². The molecule has 0 aliphatic heterocycles. The second-order valence-electron chi connectivity index (χ2n) is 4.53. The molecule has 0 atom stereocenters. The highest BCUT2D eigenvalue weighted by atomic mass is 79.9. The molecule has 0 aromatic heterocycles. The first-order chi connectivity index (χ1) is 11.0. The number of rotatable bonds is 5. The second kappa shape index (κ2) is 7.15. The molecule has 118 valence electrons. The van der Waals surface area contributed by atoms with E-state index in [2.05, 4.69) is 15.9 Å². The zero-order valence-electron chi connectivity index (χ0n) is 12.1. The maximum absolute atomic E-state index is 12.5. The number of carbonyl (C=O) groups is 2. The molecule has 0 N–H and O–H groups in total. The normalized spacial score (nSPS) is 10.2. The van der Waals surface area contributed by atoms with Gasteiger partial charge >= 0.3 is 5.97 Å². The van der Waals surface area contributed by atoms with Crippen molar-refractivity contribution in [1.82, 2.24) is 0 Å². The Morgan fingerprint density at radius 1 is 1.17 bits per heavy atom. The van der Waals surface area contributed by atoms with Crippen LogP contribution in [-0.2, 0) is 4.74 Å². The van der Waals surface area contributed by atoms with Gasteiger partial charge in [0.1, 0.15) is 4.47 Å². The molecule has 2 aromatic carbocycles.